The summed E-state index contributed by atoms with van der Waals surface area (Å²) >= 11 is 0. The van der Waals surface area contributed by atoms with Gasteiger partial charge < -0.3 is 5.73 Å². The summed E-state index contributed by atoms with van der Waals surface area (Å²) in [7, 11) is 0. The molecule has 0 radical (unpaired) electrons. The SMILES string of the molecule is C=C[C@H](N)c1ccc2ccc3cccc4ccc1c2c34.Cl. The minimum atomic E-state index is -0.125. The Hall–Kier alpha value is -2.09. The molecular formula is C19H16ClN. The van der Waals surface area contributed by atoms with Crippen LogP contribution in [-0.2, 0) is 0 Å². The third-order valence-electron chi connectivity index (χ3n) is 4.18. The van der Waals surface area contributed by atoms with E-state index in [0.29, 0.717) is 0 Å². The fourth-order valence-corrected chi connectivity index (χ4v) is 3.18. The van der Waals surface area contributed by atoms with Gasteiger partial charge in [0.15, 0.2) is 0 Å². The van der Waals surface area contributed by atoms with Crippen molar-refractivity contribution in [3.8, 4) is 0 Å². The summed E-state index contributed by atoms with van der Waals surface area (Å²) in [6.07, 6.45) is 1.80. The van der Waals surface area contributed by atoms with Crippen molar-refractivity contribution >= 4 is 44.7 Å². The van der Waals surface area contributed by atoms with E-state index < -0.39 is 0 Å². The van der Waals surface area contributed by atoms with E-state index in [4.69, 9.17) is 5.73 Å². The molecule has 4 rings (SSSR count). The number of hydrogen-bond acceptors (Lipinski definition) is 1. The van der Waals surface area contributed by atoms with Gasteiger partial charge in [-0.05, 0) is 37.9 Å². The fraction of sp³-hybridized carbons (Fsp3) is 0.0526. The van der Waals surface area contributed by atoms with Gasteiger partial charge in [-0.2, -0.15) is 0 Å². The van der Waals surface area contributed by atoms with Gasteiger partial charge in [-0.15, -0.1) is 19.0 Å². The molecule has 0 heterocycles. The number of rotatable bonds is 2. The van der Waals surface area contributed by atoms with Crippen molar-refractivity contribution in [2.24, 2.45) is 5.73 Å². The first kappa shape index (κ1) is 13.9. The maximum Gasteiger partial charge on any atom is 0.0484 e. The Morgan fingerprint density at radius 2 is 1.38 bits per heavy atom. The maximum atomic E-state index is 6.17. The van der Waals surface area contributed by atoms with Crippen molar-refractivity contribution < 1.29 is 0 Å². The summed E-state index contributed by atoms with van der Waals surface area (Å²) in [5.74, 6) is 0. The lowest BCUT2D eigenvalue weighted by Crippen LogP contribution is -2.07. The zero-order valence-electron chi connectivity index (χ0n) is 11.5. The predicted octanol–water partition coefficient (Wildman–Crippen LogP) is 5.19. The Morgan fingerprint density at radius 1 is 0.810 bits per heavy atom. The zero-order valence-corrected chi connectivity index (χ0v) is 12.4. The molecule has 0 bridgehead atoms. The van der Waals surface area contributed by atoms with Crippen LogP contribution in [0, 0.1) is 0 Å². The predicted molar refractivity (Wildman–Crippen MR) is 94.5 cm³/mol. The molecule has 0 fully saturated rings. The van der Waals surface area contributed by atoms with E-state index in [2.05, 4.69) is 61.2 Å². The molecule has 2 heteroatoms. The lowest BCUT2D eigenvalue weighted by molar-refractivity contribution is 0.926. The highest BCUT2D eigenvalue weighted by Crippen LogP contribution is 2.37. The number of nitrogens with two attached hydrogens (primary N) is 1. The average molecular weight is 294 g/mol. The molecule has 1 atom stereocenters. The lowest BCUT2D eigenvalue weighted by Gasteiger charge is -2.15. The first-order chi connectivity index (χ1) is 9.79. The van der Waals surface area contributed by atoms with Crippen LogP contribution in [0.5, 0.6) is 0 Å². The van der Waals surface area contributed by atoms with Crippen molar-refractivity contribution in [2.75, 3.05) is 0 Å². The van der Waals surface area contributed by atoms with Crippen molar-refractivity contribution in [3.05, 3.63) is 72.8 Å². The number of halogens is 1. The monoisotopic (exact) mass is 293 g/mol. The van der Waals surface area contributed by atoms with E-state index in [-0.39, 0.29) is 18.4 Å². The number of benzene rings is 4. The summed E-state index contributed by atoms with van der Waals surface area (Å²) in [4.78, 5) is 0. The Kier molecular flexibility index (Phi) is 3.32. The lowest BCUT2D eigenvalue weighted by atomic mass is 9.90. The highest BCUT2D eigenvalue weighted by molar-refractivity contribution is 6.23. The molecule has 4 aromatic rings. The fourth-order valence-electron chi connectivity index (χ4n) is 3.18. The van der Waals surface area contributed by atoms with E-state index in [0.717, 1.165) is 5.56 Å². The van der Waals surface area contributed by atoms with Crippen LogP contribution in [0.3, 0.4) is 0 Å². The van der Waals surface area contributed by atoms with Crippen LogP contribution in [0.15, 0.2) is 67.3 Å². The first-order valence-electron chi connectivity index (χ1n) is 6.84. The van der Waals surface area contributed by atoms with Crippen LogP contribution in [-0.4, -0.2) is 0 Å². The van der Waals surface area contributed by atoms with Crippen LogP contribution in [0.4, 0.5) is 0 Å². The molecule has 0 aliphatic rings. The van der Waals surface area contributed by atoms with Gasteiger partial charge in [0.2, 0.25) is 0 Å². The molecule has 0 saturated heterocycles. The van der Waals surface area contributed by atoms with Crippen molar-refractivity contribution in [1.29, 1.82) is 0 Å². The molecular weight excluding hydrogens is 278 g/mol. The van der Waals surface area contributed by atoms with Crippen molar-refractivity contribution in [2.45, 2.75) is 6.04 Å². The Labute approximate surface area is 129 Å². The van der Waals surface area contributed by atoms with Crippen LogP contribution in [0.2, 0.25) is 0 Å². The van der Waals surface area contributed by atoms with Crippen LogP contribution in [0.1, 0.15) is 11.6 Å². The molecule has 4 aromatic carbocycles. The molecule has 0 aromatic heterocycles. The van der Waals surface area contributed by atoms with Gasteiger partial charge >= 0.3 is 0 Å². The minimum absolute atomic E-state index is 0. The van der Waals surface area contributed by atoms with E-state index in [9.17, 15) is 0 Å². The standard InChI is InChI=1S/C19H15N.ClH/c1-2-17(20)15-10-8-14-7-6-12-4-3-5-13-9-11-16(15)19(14)18(12)13;/h2-11,17H,1,20H2;1H/t17-;/m0./s1. The van der Waals surface area contributed by atoms with Gasteiger partial charge in [0.1, 0.15) is 0 Å². The Bertz CT molecular complexity index is 926. The van der Waals surface area contributed by atoms with Gasteiger partial charge in [0.25, 0.3) is 0 Å². The average Bonchev–Trinajstić information content (AvgIpc) is 2.51. The molecule has 0 aliphatic heterocycles. The normalized spacial score (nSPS) is 12.6. The first-order valence-corrected chi connectivity index (χ1v) is 6.84. The largest absolute Gasteiger partial charge is 0.321 e. The molecule has 2 N–H and O–H groups in total. The molecule has 1 nitrogen and oxygen atoms in total. The summed E-state index contributed by atoms with van der Waals surface area (Å²) in [5, 5.41) is 7.72. The van der Waals surface area contributed by atoms with Crippen molar-refractivity contribution in [3.63, 3.8) is 0 Å². The molecule has 0 aliphatic carbocycles. The van der Waals surface area contributed by atoms with Gasteiger partial charge in [0.05, 0.1) is 0 Å². The maximum absolute atomic E-state index is 6.17. The second-order valence-electron chi connectivity index (χ2n) is 5.27. The van der Waals surface area contributed by atoms with E-state index in [1.165, 1.54) is 32.3 Å². The molecule has 0 saturated carbocycles. The van der Waals surface area contributed by atoms with Gasteiger partial charge in [-0.3, -0.25) is 0 Å². The second kappa shape index (κ2) is 5.03. The van der Waals surface area contributed by atoms with E-state index in [1.54, 1.807) is 6.08 Å². The molecule has 0 amide bonds. The van der Waals surface area contributed by atoms with Crippen LogP contribution < -0.4 is 5.73 Å². The third kappa shape index (κ3) is 1.90. The van der Waals surface area contributed by atoms with Crippen LogP contribution >= 0.6 is 12.4 Å². The minimum Gasteiger partial charge on any atom is -0.321 e. The van der Waals surface area contributed by atoms with Gasteiger partial charge in [0, 0.05) is 6.04 Å². The summed E-state index contributed by atoms with van der Waals surface area (Å²) < 4.78 is 0. The number of hydrogen-bond donors (Lipinski definition) is 1. The van der Waals surface area contributed by atoms with Gasteiger partial charge in [-0.1, -0.05) is 60.7 Å². The molecule has 0 spiro atoms. The van der Waals surface area contributed by atoms with Crippen LogP contribution in [0.25, 0.3) is 32.3 Å². The van der Waals surface area contributed by atoms with Crippen molar-refractivity contribution in [1.82, 2.24) is 0 Å². The highest BCUT2D eigenvalue weighted by Gasteiger charge is 2.12. The Balaban J connectivity index is 0.00000132. The van der Waals surface area contributed by atoms with E-state index >= 15 is 0 Å². The molecule has 0 unspecified atom stereocenters. The quantitative estimate of drug-likeness (QED) is 0.399. The summed E-state index contributed by atoms with van der Waals surface area (Å²) in [5.41, 5.74) is 7.32. The zero-order chi connectivity index (χ0) is 13.7. The second-order valence-corrected chi connectivity index (χ2v) is 5.27. The van der Waals surface area contributed by atoms with E-state index in [1.807, 2.05) is 0 Å². The third-order valence-corrected chi connectivity index (χ3v) is 4.18. The molecule has 104 valence electrons. The topological polar surface area (TPSA) is 26.0 Å². The highest BCUT2D eigenvalue weighted by atomic mass is 35.5. The smallest absolute Gasteiger partial charge is 0.0484 e. The summed E-state index contributed by atoms with van der Waals surface area (Å²) in [6.45, 7) is 3.82. The summed E-state index contributed by atoms with van der Waals surface area (Å²) in [6, 6.07) is 19.3. The Morgan fingerprint density at radius 3 is 2.05 bits per heavy atom. The van der Waals surface area contributed by atoms with Gasteiger partial charge in [-0.25, -0.2) is 0 Å². The molecule has 21 heavy (non-hydrogen) atoms.